The fourth-order valence-corrected chi connectivity index (χ4v) is 3.26. The van der Waals surface area contributed by atoms with Crippen LogP contribution < -0.4 is 9.46 Å². The molecule has 0 heterocycles. The first-order chi connectivity index (χ1) is 10.8. The van der Waals surface area contributed by atoms with Crippen LogP contribution in [-0.4, -0.2) is 20.5 Å². The van der Waals surface area contributed by atoms with Crippen molar-refractivity contribution in [2.75, 3.05) is 11.8 Å². The predicted molar refractivity (Wildman–Crippen MR) is 86.9 cm³/mol. The fraction of sp³-hybridized carbons (Fsp3) is 0.0769. The van der Waals surface area contributed by atoms with E-state index in [9.17, 15) is 18.5 Å². The van der Waals surface area contributed by atoms with Gasteiger partial charge < -0.3 is 4.74 Å². The van der Waals surface area contributed by atoms with Crippen molar-refractivity contribution in [2.45, 2.75) is 4.90 Å². The molecule has 0 saturated carbocycles. The van der Waals surface area contributed by atoms with Gasteiger partial charge in [-0.3, -0.25) is 14.8 Å². The van der Waals surface area contributed by atoms with E-state index < -0.39 is 20.6 Å². The van der Waals surface area contributed by atoms with Crippen molar-refractivity contribution in [2.24, 2.45) is 0 Å². The summed E-state index contributed by atoms with van der Waals surface area (Å²) in [5, 5.41) is 11.2. The van der Waals surface area contributed by atoms with Gasteiger partial charge >= 0.3 is 5.69 Å². The molecule has 2 rings (SSSR count). The molecule has 7 nitrogen and oxygen atoms in total. The Hall–Kier alpha value is -2.03. The van der Waals surface area contributed by atoms with Gasteiger partial charge in [-0.1, -0.05) is 29.3 Å². The smallest absolute Gasteiger partial charge is 0.312 e. The third-order valence-electron chi connectivity index (χ3n) is 2.85. The second-order valence-corrected chi connectivity index (χ2v) is 6.77. The molecule has 0 aliphatic heterocycles. The lowest BCUT2D eigenvalue weighted by Crippen LogP contribution is -2.13. The van der Waals surface area contributed by atoms with Crippen molar-refractivity contribution >= 4 is 44.6 Å². The lowest BCUT2D eigenvalue weighted by molar-refractivity contribution is -0.386. The molecule has 0 amide bonds. The molecule has 2 aromatic rings. The maximum atomic E-state index is 12.4. The highest BCUT2D eigenvalue weighted by molar-refractivity contribution is 7.92. The molecule has 0 unspecified atom stereocenters. The summed E-state index contributed by atoms with van der Waals surface area (Å²) in [6.45, 7) is 0. The Kier molecular flexibility index (Phi) is 4.98. The molecule has 0 aromatic heterocycles. The summed E-state index contributed by atoms with van der Waals surface area (Å²) in [5.74, 6) is -0.0465. The van der Waals surface area contributed by atoms with Gasteiger partial charge in [0.25, 0.3) is 10.0 Å². The maximum absolute atomic E-state index is 12.4. The monoisotopic (exact) mass is 376 g/mol. The quantitative estimate of drug-likeness (QED) is 0.633. The van der Waals surface area contributed by atoms with Crippen molar-refractivity contribution in [3.8, 4) is 5.75 Å². The van der Waals surface area contributed by atoms with Crippen LogP contribution in [0.2, 0.25) is 10.0 Å². The Balaban J connectivity index is 2.46. The molecular weight excluding hydrogens is 367 g/mol. The first-order valence-electron chi connectivity index (χ1n) is 6.05. The zero-order valence-corrected chi connectivity index (χ0v) is 13.9. The number of benzene rings is 2. The van der Waals surface area contributed by atoms with E-state index in [1.165, 1.54) is 37.4 Å². The van der Waals surface area contributed by atoms with E-state index in [0.717, 1.165) is 6.07 Å². The van der Waals surface area contributed by atoms with Gasteiger partial charge in [0.05, 0.1) is 32.7 Å². The summed E-state index contributed by atoms with van der Waals surface area (Å²) in [4.78, 5) is 9.95. The second kappa shape index (κ2) is 6.61. The number of nitro benzene ring substituents is 1. The van der Waals surface area contributed by atoms with Crippen LogP contribution in [0.25, 0.3) is 0 Å². The summed E-state index contributed by atoms with van der Waals surface area (Å²) < 4.78 is 31.8. The van der Waals surface area contributed by atoms with Crippen molar-refractivity contribution in [1.29, 1.82) is 0 Å². The number of sulfonamides is 1. The fourth-order valence-electron chi connectivity index (χ4n) is 1.77. The molecule has 10 heteroatoms. The van der Waals surface area contributed by atoms with Crippen LogP contribution in [0.4, 0.5) is 11.4 Å². The topological polar surface area (TPSA) is 98.5 Å². The van der Waals surface area contributed by atoms with Crippen LogP contribution in [0.5, 0.6) is 5.75 Å². The standard InChI is InChI=1S/C13H10Cl2N2O5S/c1-22-12-6-5-8(7-11(12)17(18)19)23(20,21)16-10-4-2-3-9(14)13(10)15/h2-7,16H,1H3. The highest BCUT2D eigenvalue weighted by Gasteiger charge is 2.23. The Morgan fingerprint density at radius 1 is 1.22 bits per heavy atom. The van der Waals surface area contributed by atoms with E-state index >= 15 is 0 Å². The highest BCUT2D eigenvalue weighted by Crippen LogP contribution is 2.33. The van der Waals surface area contributed by atoms with Crippen LogP contribution >= 0.6 is 23.2 Å². The summed E-state index contributed by atoms with van der Waals surface area (Å²) in [6.07, 6.45) is 0. The molecule has 122 valence electrons. The maximum Gasteiger partial charge on any atom is 0.312 e. The first-order valence-corrected chi connectivity index (χ1v) is 8.29. The predicted octanol–water partition coefficient (Wildman–Crippen LogP) is 3.71. The summed E-state index contributed by atoms with van der Waals surface area (Å²) in [7, 11) is -2.84. The molecule has 0 spiro atoms. The van der Waals surface area contributed by atoms with Gasteiger partial charge in [-0.2, -0.15) is 0 Å². The Bertz CT molecular complexity index is 871. The Morgan fingerprint density at radius 2 is 1.91 bits per heavy atom. The van der Waals surface area contributed by atoms with Crippen molar-refractivity contribution in [1.82, 2.24) is 0 Å². The highest BCUT2D eigenvalue weighted by atomic mass is 35.5. The average molecular weight is 377 g/mol. The molecule has 0 fully saturated rings. The first kappa shape index (κ1) is 17.3. The van der Waals surface area contributed by atoms with Gasteiger partial charge in [0.15, 0.2) is 5.75 Å². The molecule has 0 aliphatic rings. The minimum atomic E-state index is -4.09. The number of nitrogens with zero attached hydrogens (tertiary/aromatic N) is 1. The number of halogens is 2. The van der Waals surface area contributed by atoms with Crippen LogP contribution in [0.1, 0.15) is 0 Å². The molecule has 0 radical (unpaired) electrons. The lowest BCUT2D eigenvalue weighted by atomic mass is 10.3. The van der Waals surface area contributed by atoms with Gasteiger partial charge in [-0.05, 0) is 24.3 Å². The Labute approximate surface area is 142 Å². The van der Waals surface area contributed by atoms with Gasteiger partial charge in [0.1, 0.15) is 0 Å². The van der Waals surface area contributed by atoms with E-state index in [1.807, 2.05) is 0 Å². The number of rotatable bonds is 5. The van der Waals surface area contributed by atoms with Crippen LogP contribution in [0.15, 0.2) is 41.3 Å². The number of hydrogen-bond donors (Lipinski definition) is 1. The molecule has 2 aromatic carbocycles. The average Bonchev–Trinajstić information content (AvgIpc) is 2.51. The van der Waals surface area contributed by atoms with E-state index in [1.54, 1.807) is 0 Å². The minimum absolute atomic E-state index is 0.0285. The van der Waals surface area contributed by atoms with Crippen molar-refractivity contribution < 1.29 is 18.1 Å². The molecule has 0 saturated heterocycles. The van der Waals surface area contributed by atoms with Gasteiger partial charge in [0, 0.05) is 6.07 Å². The van der Waals surface area contributed by atoms with Crippen molar-refractivity contribution in [3.63, 3.8) is 0 Å². The molecule has 1 N–H and O–H groups in total. The minimum Gasteiger partial charge on any atom is -0.490 e. The van der Waals surface area contributed by atoms with Crippen LogP contribution in [0, 0.1) is 10.1 Å². The number of nitrogens with one attached hydrogen (secondary N) is 1. The van der Waals surface area contributed by atoms with E-state index in [4.69, 9.17) is 27.9 Å². The zero-order valence-electron chi connectivity index (χ0n) is 11.6. The lowest BCUT2D eigenvalue weighted by Gasteiger charge is -2.11. The number of methoxy groups -OCH3 is 1. The van der Waals surface area contributed by atoms with Crippen LogP contribution in [-0.2, 0) is 10.0 Å². The zero-order chi connectivity index (χ0) is 17.2. The molecule has 0 aliphatic carbocycles. The van der Waals surface area contributed by atoms with Gasteiger partial charge in [-0.15, -0.1) is 0 Å². The van der Waals surface area contributed by atoms with E-state index in [2.05, 4.69) is 4.72 Å². The SMILES string of the molecule is COc1ccc(S(=O)(=O)Nc2cccc(Cl)c2Cl)cc1[N+](=O)[O-]. The molecule has 23 heavy (non-hydrogen) atoms. The third-order valence-corrected chi connectivity index (χ3v) is 5.04. The summed E-state index contributed by atoms with van der Waals surface area (Å²) >= 11 is 11.8. The normalized spacial score (nSPS) is 11.1. The van der Waals surface area contributed by atoms with E-state index in [-0.39, 0.29) is 26.4 Å². The number of hydrogen-bond acceptors (Lipinski definition) is 5. The summed E-state index contributed by atoms with van der Waals surface area (Å²) in [5.41, 5.74) is -0.398. The van der Waals surface area contributed by atoms with E-state index in [0.29, 0.717) is 0 Å². The van der Waals surface area contributed by atoms with Crippen molar-refractivity contribution in [3.05, 3.63) is 56.6 Å². The largest absolute Gasteiger partial charge is 0.490 e. The Morgan fingerprint density at radius 3 is 2.52 bits per heavy atom. The van der Waals surface area contributed by atoms with Gasteiger partial charge in [-0.25, -0.2) is 8.42 Å². The molecule has 0 bridgehead atoms. The third kappa shape index (κ3) is 3.66. The number of anilines is 1. The second-order valence-electron chi connectivity index (χ2n) is 4.30. The number of nitro groups is 1. The molecule has 0 atom stereocenters. The number of ether oxygens (including phenoxy) is 1. The van der Waals surface area contributed by atoms with Gasteiger partial charge in [0.2, 0.25) is 0 Å². The van der Waals surface area contributed by atoms with Crippen LogP contribution in [0.3, 0.4) is 0 Å². The summed E-state index contributed by atoms with van der Waals surface area (Å²) in [6, 6.07) is 7.73. The molecular formula is C13H10Cl2N2O5S.